The molecule has 7 nitrogen and oxygen atoms in total. The number of ether oxygens (including phenoxy) is 1. The van der Waals surface area contributed by atoms with Gasteiger partial charge in [-0.1, -0.05) is 12.1 Å². The van der Waals surface area contributed by atoms with Crippen molar-refractivity contribution in [3.05, 3.63) is 54.0 Å². The van der Waals surface area contributed by atoms with Gasteiger partial charge >= 0.3 is 0 Å². The van der Waals surface area contributed by atoms with Crippen LogP contribution in [0.25, 0.3) is 0 Å². The van der Waals surface area contributed by atoms with Crippen LogP contribution in [-0.2, 0) is 11.3 Å². The molecule has 0 bridgehead atoms. The monoisotopic (exact) mass is 425 g/mol. The highest BCUT2D eigenvalue weighted by Crippen LogP contribution is 2.22. The first-order chi connectivity index (χ1) is 15.1. The molecule has 2 amide bonds. The van der Waals surface area contributed by atoms with Crippen LogP contribution in [0.15, 0.2) is 47.1 Å². The Morgan fingerprint density at radius 2 is 1.68 bits per heavy atom. The molecule has 2 saturated heterocycles. The summed E-state index contributed by atoms with van der Waals surface area (Å²) in [4.78, 5) is 31.6. The zero-order chi connectivity index (χ0) is 21.6. The Balaban J connectivity index is 1.21. The van der Waals surface area contributed by atoms with E-state index in [1.54, 1.807) is 17.0 Å². The first kappa shape index (κ1) is 21.4. The molecule has 4 rings (SSSR count). The third-order valence-corrected chi connectivity index (χ3v) is 6.19. The molecule has 166 valence electrons. The molecule has 2 fully saturated rings. The van der Waals surface area contributed by atoms with Crippen molar-refractivity contribution in [2.24, 2.45) is 5.92 Å². The largest absolute Gasteiger partial charge is 0.494 e. The standard InChI is InChI=1S/C24H31N3O4/c1-2-30-21-7-5-19(6-8-21)18-25-13-15-27(16-14-25)23(28)20-9-11-26(12-10-20)24(29)22-4-3-17-31-22/h3-8,17,20H,2,9-16,18H2,1H3. The summed E-state index contributed by atoms with van der Waals surface area (Å²) in [6.07, 6.45) is 2.95. The van der Waals surface area contributed by atoms with Crippen LogP contribution < -0.4 is 4.74 Å². The van der Waals surface area contributed by atoms with Gasteiger partial charge in [-0.3, -0.25) is 14.5 Å². The number of carbonyl (C=O) groups is 2. The van der Waals surface area contributed by atoms with E-state index in [4.69, 9.17) is 9.15 Å². The molecular weight excluding hydrogens is 394 g/mol. The number of piperazine rings is 1. The van der Waals surface area contributed by atoms with Gasteiger partial charge in [0.05, 0.1) is 12.9 Å². The van der Waals surface area contributed by atoms with Gasteiger partial charge in [0.25, 0.3) is 5.91 Å². The Morgan fingerprint density at radius 3 is 2.29 bits per heavy atom. The summed E-state index contributed by atoms with van der Waals surface area (Å²) in [5.41, 5.74) is 1.26. The molecular formula is C24H31N3O4. The number of likely N-dealkylation sites (tertiary alicyclic amines) is 1. The normalized spacial score (nSPS) is 18.2. The molecule has 0 atom stereocenters. The fraction of sp³-hybridized carbons (Fsp3) is 0.500. The molecule has 0 aliphatic carbocycles. The second-order valence-electron chi connectivity index (χ2n) is 8.22. The van der Waals surface area contributed by atoms with E-state index in [-0.39, 0.29) is 17.7 Å². The fourth-order valence-electron chi connectivity index (χ4n) is 4.39. The summed E-state index contributed by atoms with van der Waals surface area (Å²) in [6, 6.07) is 11.7. The molecule has 3 heterocycles. The van der Waals surface area contributed by atoms with Crippen molar-refractivity contribution in [2.45, 2.75) is 26.3 Å². The number of benzene rings is 1. The van der Waals surface area contributed by atoms with Gasteiger partial charge in [0, 0.05) is 51.7 Å². The molecule has 31 heavy (non-hydrogen) atoms. The van der Waals surface area contributed by atoms with Crippen molar-refractivity contribution in [1.29, 1.82) is 0 Å². The minimum atomic E-state index is -0.0844. The molecule has 0 spiro atoms. The van der Waals surface area contributed by atoms with Crippen molar-refractivity contribution in [3.8, 4) is 5.75 Å². The summed E-state index contributed by atoms with van der Waals surface area (Å²) in [5.74, 6) is 1.44. The number of hydrogen-bond acceptors (Lipinski definition) is 5. The highest BCUT2D eigenvalue weighted by Gasteiger charge is 2.32. The predicted molar refractivity (Wildman–Crippen MR) is 117 cm³/mol. The van der Waals surface area contributed by atoms with Crippen molar-refractivity contribution < 1.29 is 18.7 Å². The number of nitrogens with zero attached hydrogens (tertiary/aromatic N) is 3. The Morgan fingerprint density at radius 1 is 0.968 bits per heavy atom. The zero-order valence-electron chi connectivity index (χ0n) is 18.2. The molecule has 0 radical (unpaired) electrons. The number of hydrogen-bond donors (Lipinski definition) is 0. The van der Waals surface area contributed by atoms with Crippen LogP contribution in [0.3, 0.4) is 0 Å². The average Bonchev–Trinajstić information content (AvgIpc) is 3.35. The van der Waals surface area contributed by atoms with Gasteiger partial charge in [0.2, 0.25) is 5.91 Å². The Labute approximate surface area is 183 Å². The van der Waals surface area contributed by atoms with Crippen LogP contribution in [0.2, 0.25) is 0 Å². The van der Waals surface area contributed by atoms with E-state index in [2.05, 4.69) is 17.0 Å². The number of carbonyl (C=O) groups excluding carboxylic acids is 2. The van der Waals surface area contributed by atoms with Crippen LogP contribution in [-0.4, -0.2) is 72.4 Å². The lowest BCUT2D eigenvalue weighted by Gasteiger charge is -2.38. The van der Waals surface area contributed by atoms with Gasteiger partial charge in [-0.25, -0.2) is 0 Å². The third-order valence-electron chi connectivity index (χ3n) is 6.19. The SMILES string of the molecule is CCOc1ccc(CN2CCN(C(=O)C3CCN(C(=O)c4ccco4)CC3)CC2)cc1. The van der Waals surface area contributed by atoms with E-state index in [0.717, 1.165) is 51.3 Å². The number of piperidine rings is 1. The Kier molecular flexibility index (Phi) is 6.92. The molecule has 0 unspecified atom stereocenters. The predicted octanol–water partition coefficient (Wildman–Crippen LogP) is 2.87. The molecule has 7 heteroatoms. The van der Waals surface area contributed by atoms with Crippen LogP contribution >= 0.6 is 0 Å². The van der Waals surface area contributed by atoms with Gasteiger partial charge in [0.15, 0.2) is 5.76 Å². The van der Waals surface area contributed by atoms with Crippen molar-refractivity contribution in [2.75, 3.05) is 45.9 Å². The van der Waals surface area contributed by atoms with Crippen molar-refractivity contribution in [3.63, 3.8) is 0 Å². The van der Waals surface area contributed by atoms with E-state index >= 15 is 0 Å². The summed E-state index contributed by atoms with van der Waals surface area (Å²) in [5, 5.41) is 0. The molecule has 0 N–H and O–H groups in total. The minimum absolute atomic E-state index is 0.0123. The maximum atomic E-state index is 13.0. The second kappa shape index (κ2) is 10.0. The summed E-state index contributed by atoms with van der Waals surface area (Å²) in [7, 11) is 0. The van der Waals surface area contributed by atoms with Crippen LogP contribution in [0.1, 0.15) is 35.9 Å². The topological polar surface area (TPSA) is 66.2 Å². The van der Waals surface area contributed by atoms with Gasteiger partial charge in [-0.05, 0) is 49.6 Å². The summed E-state index contributed by atoms with van der Waals surface area (Å²) < 4.78 is 10.7. The molecule has 1 aromatic heterocycles. The van der Waals surface area contributed by atoms with E-state index in [0.29, 0.717) is 25.5 Å². The van der Waals surface area contributed by atoms with Crippen LogP contribution in [0, 0.1) is 5.92 Å². The first-order valence-electron chi connectivity index (χ1n) is 11.2. The van der Waals surface area contributed by atoms with E-state index in [9.17, 15) is 9.59 Å². The van der Waals surface area contributed by atoms with E-state index < -0.39 is 0 Å². The van der Waals surface area contributed by atoms with Gasteiger partial charge in [-0.15, -0.1) is 0 Å². The zero-order valence-corrected chi connectivity index (χ0v) is 18.2. The van der Waals surface area contributed by atoms with Crippen molar-refractivity contribution in [1.82, 2.24) is 14.7 Å². The summed E-state index contributed by atoms with van der Waals surface area (Å²) >= 11 is 0. The van der Waals surface area contributed by atoms with Gasteiger partial charge in [0.1, 0.15) is 5.75 Å². The lowest BCUT2D eigenvalue weighted by molar-refractivity contribution is -0.138. The third kappa shape index (κ3) is 5.28. The Bertz CT molecular complexity index is 849. The molecule has 1 aromatic carbocycles. The van der Waals surface area contributed by atoms with E-state index in [1.807, 2.05) is 24.0 Å². The smallest absolute Gasteiger partial charge is 0.289 e. The number of amides is 2. The van der Waals surface area contributed by atoms with Gasteiger partial charge in [-0.2, -0.15) is 0 Å². The molecule has 2 aromatic rings. The molecule has 0 saturated carbocycles. The molecule has 2 aliphatic rings. The summed E-state index contributed by atoms with van der Waals surface area (Å²) in [6.45, 7) is 8.06. The molecule has 2 aliphatic heterocycles. The minimum Gasteiger partial charge on any atom is -0.494 e. The van der Waals surface area contributed by atoms with Crippen molar-refractivity contribution >= 4 is 11.8 Å². The highest BCUT2D eigenvalue weighted by molar-refractivity contribution is 5.91. The van der Waals surface area contributed by atoms with Gasteiger partial charge < -0.3 is 19.0 Å². The number of rotatable bonds is 6. The average molecular weight is 426 g/mol. The maximum absolute atomic E-state index is 13.0. The van der Waals surface area contributed by atoms with E-state index in [1.165, 1.54) is 11.8 Å². The first-order valence-corrected chi connectivity index (χ1v) is 11.2. The maximum Gasteiger partial charge on any atom is 0.289 e. The quantitative estimate of drug-likeness (QED) is 0.712. The lowest BCUT2D eigenvalue weighted by Crippen LogP contribution is -2.51. The number of furan rings is 1. The lowest BCUT2D eigenvalue weighted by atomic mass is 9.94. The van der Waals surface area contributed by atoms with Crippen LogP contribution in [0.4, 0.5) is 0 Å². The highest BCUT2D eigenvalue weighted by atomic mass is 16.5. The van der Waals surface area contributed by atoms with Crippen LogP contribution in [0.5, 0.6) is 5.75 Å². The Hall–Kier alpha value is -2.80. The second-order valence-corrected chi connectivity index (χ2v) is 8.22. The fourth-order valence-corrected chi connectivity index (χ4v) is 4.39.